The van der Waals surface area contributed by atoms with Gasteiger partial charge in [-0.15, -0.1) is 10.2 Å². The lowest BCUT2D eigenvalue weighted by molar-refractivity contribution is 0.636. The number of hydrogen-bond donors (Lipinski definition) is 0. The van der Waals surface area contributed by atoms with E-state index in [9.17, 15) is 0 Å². The van der Waals surface area contributed by atoms with Crippen molar-refractivity contribution >= 4 is 34.0 Å². The molecule has 3 aromatic rings. The maximum atomic E-state index is 5.51. The standard InChI is InChI=1S/C10H7N3OS/c1-15-10-11-8-6-4-2-3-5-7(6)14-9(8)12-13-10/h2-5H,1H3. The van der Waals surface area contributed by atoms with E-state index in [0.29, 0.717) is 10.9 Å². The number of aromatic nitrogens is 3. The van der Waals surface area contributed by atoms with Crippen LogP contribution in [0, 0.1) is 0 Å². The van der Waals surface area contributed by atoms with Crippen LogP contribution < -0.4 is 0 Å². The summed E-state index contributed by atoms with van der Waals surface area (Å²) in [6, 6.07) is 7.75. The zero-order valence-corrected chi connectivity index (χ0v) is 8.78. The van der Waals surface area contributed by atoms with Crippen molar-refractivity contribution in [1.82, 2.24) is 15.2 Å². The molecule has 0 saturated carbocycles. The Morgan fingerprint density at radius 2 is 2.07 bits per heavy atom. The van der Waals surface area contributed by atoms with Crippen molar-refractivity contribution in [2.24, 2.45) is 0 Å². The second-order valence-electron chi connectivity index (χ2n) is 3.05. The number of furan rings is 1. The van der Waals surface area contributed by atoms with E-state index in [1.807, 2.05) is 30.5 Å². The van der Waals surface area contributed by atoms with Gasteiger partial charge in [0.2, 0.25) is 5.16 Å². The van der Waals surface area contributed by atoms with Crippen LogP contribution in [0.15, 0.2) is 33.8 Å². The molecule has 0 aliphatic carbocycles. The third-order valence-electron chi connectivity index (χ3n) is 2.17. The Morgan fingerprint density at radius 1 is 1.20 bits per heavy atom. The van der Waals surface area contributed by atoms with E-state index in [2.05, 4.69) is 15.2 Å². The topological polar surface area (TPSA) is 51.8 Å². The van der Waals surface area contributed by atoms with E-state index in [-0.39, 0.29) is 0 Å². The molecule has 5 heteroatoms. The van der Waals surface area contributed by atoms with Crippen LogP contribution in [0.25, 0.3) is 22.2 Å². The van der Waals surface area contributed by atoms with Crippen molar-refractivity contribution in [3.05, 3.63) is 24.3 Å². The lowest BCUT2D eigenvalue weighted by Gasteiger charge is -1.91. The normalized spacial score (nSPS) is 11.3. The first-order valence-corrected chi connectivity index (χ1v) is 5.67. The van der Waals surface area contributed by atoms with E-state index in [1.54, 1.807) is 0 Å². The van der Waals surface area contributed by atoms with Crippen LogP contribution in [0.3, 0.4) is 0 Å². The molecule has 0 aliphatic heterocycles. The van der Waals surface area contributed by atoms with E-state index in [4.69, 9.17) is 4.42 Å². The largest absolute Gasteiger partial charge is 0.435 e. The van der Waals surface area contributed by atoms with Crippen molar-refractivity contribution < 1.29 is 4.42 Å². The highest BCUT2D eigenvalue weighted by molar-refractivity contribution is 7.98. The molecule has 0 fully saturated rings. The molecule has 0 spiro atoms. The minimum atomic E-state index is 0.494. The molecule has 2 heterocycles. The number of thioether (sulfide) groups is 1. The van der Waals surface area contributed by atoms with Crippen LogP contribution in [-0.2, 0) is 0 Å². The highest BCUT2D eigenvalue weighted by Gasteiger charge is 2.09. The second-order valence-corrected chi connectivity index (χ2v) is 3.82. The Labute approximate surface area is 89.7 Å². The van der Waals surface area contributed by atoms with E-state index < -0.39 is 0 Å². The van der Waals surface area contributed by atoms with Gasteiger partial charge < -0.3 is 4.42 Å². The summed E-state index contributed by atoms with van der Waals surface area (Å²) in [4.78, 5) is 4.38. The van der Waals surface area contributed by atoms with Gasteiger partial charge in [0, 0.05) is 5.39 Å². The molecule has 0 aliphatic rings. The Morgan fingerprint density at radius 3 is 2.93 bits per heavy atom. The quantitative estimate of drug-likeness (QED) is 0.586. The monoisotopic (exact) mass is 217 g/mol. The fraction of sp³-hybridized carbons (Fsp3) is 0.100. The molecular formula is C10H7N3OS. The van der Waals surface area contributed by atoms with Crippen molar-refractivity contribution in [2.45, 2.75) is 5.16 Å². The summed E-state index contributed by atoms with van der Waals surface area (Å²) in [6.45, 7) is 0. The summed E-state index contributed by atoms with van der Waals surface area (Å²) < 4.78 is 5.51. The van der Waals surface area contributed by atoms with Gasteiger partial charge in [-0.3, -0.25) is 0 Å². The highest BCUT2D eigenvalue weighted by atomic mass is 32.2. The average molecular weight is 217 g/mol. The summed E-state index contributed by atoms with van der Waals surface area (Å²) in [5.74, 6) is 0. The van der Waals surface area contributed by atoms with Gasteiger partial charge in [0.15, 0.2) is 0 Å². The maximum Gasteiger partial charge on any atom is 0.266 e. The Bertz CT molecular complexity index is 635. The zero-order chi connectivity index (χ0) is 10.3. The minimum Gasteiger partial charge on any atom is -0.435 e. The number of hydrogen-bond acceptors (Lipinski definition) is 5. The van der Waals surface area contributed by atoms with Crippen LogP contribution in [0.4, 0.5) is 0 Å². The van der Waals surface area contributed by atoms with Gasteiger partial charge in [-0.05, 0) is 18.4 Å². The smallest absolute Gasteiger partial charge is 0.266 e. The second kappa shape index (κ2) is 3.20. The first-order valence-electron chi connectivity index (χ1n) is 4.44. The lowest BCUT2D eigenvalue weighted by Crippen LogP contribution is -1.88. The fourth-order valence-corrected chi connectivity index (χ4v) is 1.79. The third kappa shape index (κ3) is 1.27. The molecule has 74 valence electrons. The Hall–Kier alpha value is -1.62. The molecule has 0 unspecified atom stereocenters. The van der Waals surface area contributed by atoms with Gasteiger partial charge in [-0.25, -0.2) is 4.98 Å². The average Bonchev–Trinajstić information content (AvgIpc) is 2.66. The fourth-order valence-electron chi connectivity index (χ4n) is 1.49. The van der Waals surface area contributed by atoms with Crippen molar-refractivity contribution in [3.8, 4) is 0 Å². The summed E-state index contributed by atoms with van der Waals surface area (Å²) in [5, 5.41) is 9.56. The molecule has 0 saturated heterocycles. The Balaban J connectivity index is 2.46. The van der Waals surface area contributed by atoms with Crippen molar-refractivity contribution in [1.29, 1.82) is 0 Å². The molecule has 0 amide bonds. The molecule has 2 aromatic heterocycles. The lowest BCUT2D eigenvalue weighted by atomic mass is 10.2. The van der Waals surface area contributed by atoms with Crippen molar-refractivity contribution in [2.75, 3.05) is 6.26 Å². The summed E-state index contributed by atoms with van der Waals surface area (Å²) in [6.07, 6.45) is 1.92. The zero-order valence-electron chi connectivity index (χ0n) is 7.97. The van der Waals surface area contributed by atoms with Gasteiger partial charge in [-0.1, -0.05) is 23.9 Å². The molecule has 15 heavy (non-hydrogen) atoms. The number of para-hydroxylation sites is 1. The van der Waals surface area contributed by atoms with Crippen molar-refractivity contribution in [3.63, 3.8) is 0 Å². The first-order chi connectivity index (χ1) is 7.38. The SMILES string of the molecule is CSc1nnc2oc3ccccc3c2n1. The molecule has 3 rings (SSSR count). The van der Waals surface area contributed by atoms with Gasteiger partial charge >= 0.3 is 0 Å². The highest BCUT2D eigenvalue weighted by Crippen LogP contribution is 2.25. The van der Waals surface area contributed by atoms with Gasteiger partial charge in [0.25, 0.3) is 5.71 Å². The predicted molar refractivity (Wildman–Crippen MR) is 58.9 cm³/mol. The maximum absolute atomic E-state index is 5.51. The molecule has 0 radical (unpaired) electrons. The number of nitrogens with zero attached hydrogens (tertiary/aromatic N) is 3. The first kappa shape index (κ1) is 8.67. The molecular weight excluding hydrogens is 210 g/mol. The molecule has 0 N–H and O–H groups in total. The number of rotatable bonds is 1. The van der Waals surface area contributed by atoms with Crippen LogP contribution in [0.1, 0.15) is 0 Å². The van der Waals surface area contributed by atoms with E-state index >= 15 is 0 Å². The van der Waals surface area contributed by atoms with Gasteiger partial charge in [0.1, 0.15) is 11.1 Å². The van der Waals surface area contributed by atoms with E-state index in [1.165, 1.54) is 11.8 Å². The van der Waals surface area contributed by atoms with Crippen LogP contribution in [-0.4, -0.2) is 21.4 Å². The van der Waals surface area contributed by atoms with Crippen LogP contribution >= 0.6 is 11.8 Å². The predicted octanol–water partition coefficient (Wildman–Crippen LogP) is 2.49. The number of benzene rings is 1. The Kier molecular flexibility index (Phi) is 1.85. The molecule has 1 aromatic carbocycles. The van der Waals surface area contributed by atoms with Gasteiger partial charge in [0.05, 0.1) is 0 Å². The summed E-state index contributed by atoms with van der Waals surface area (Å²) in [7, 11) is 0. The van der Waals surface area contributed by atoms with E-state index in [0.717, 1.165) is 16.5 Å². The van der Waals surface area contributed by atoms with Gasteiger partial charge in [-0.2, -0.15) is 0 Å². The third-order valence-corrected chi connectivity index (χ3v) is 2.71. The summed E-state index contributed by atoms with van der Waals surface area (Å²) in [5.41, 5.74) is 2.08. The molecule has 4 nitrogen and oxygen atoms in total. The van der Waals surface area contributed by atoms with Crippen LogP contribution in [0.5, 0.6) is 0 Å². The minimum absolute atomic E-state index is 0.494. The number of fused-ring (bicyclic) bond motifs is 3. The van der Waals surface area contributed by atoms with Crippen LogP contribution in [0.2, 0.25) is 0 Å². The molecule has 0 atom stereocenters. The molecule has 0 bridgehead atoms. The summed E-state index contributed by atoms with van der Waals surface area (Å²) >= 11 is 1.47.